The SMILES string of the molecule is COc1ccc(Cc2nc(-c3ccccc3)c3n2CCN(C2CCSC2)C3)cc1. The van der Waals surface area contributed by atoms with Gasteiger partial charge in [0.25, 0.3) is 0 Å². The maximum absolute atomic E-state index is 5.30. The summed E-state index contributed by atoms with van der Waals surface area (Å²) < 4.78 is 7.78. The Morgan fingerprint density at radius 3 is 2.62 bits per heavy atom. The average Bonchev–Trinajstić information content (AvgIpc) is 3.43. The van der Waals surface area contributed by atoms with E-state index in [-0.39, 0.29) is 0 Å². The van der Waals surface area contributed by atoms with Crippen LogP contribution in [0.15, 0.2) is 54.6 Å². The highest BCUT2D eigenvalue weighted by atomic mass is 32.2. The molecule has 2 aliphatic rings. The molecule has 0 radical (unpaired) electrons. The van der Waals surface area contributed by atoms with Crippen molar-refractivity contribution in [2.45, 2.75) is 32.0 Å². The minimum atomic E-state index is 0.720. The van der Waals surface area contributed by atoms with Crippen LogP contribution in [0.3, 0.4) is 0 Å². The molecule has 1 fully saturated rings. The fourth-order valence-electron chi connectivity index (χ4n) is 4.47. The normalized spacial score (nSPS) is 19.3. The van der Waals surface area contributed by atoms with Crippen LogP contribution < -0.4 is 4.74 Å². The molecule has 4 nitrogen and oxygen atoms in total. The van der Waals surface area contributed by atoms with Gasteiger partial charge in [0.15, 0.2) is 0 Å². The Balaban J connectivity index is 1.49. The summed E-state index contributed by atoms with van der Waals surface area (Å²) in [5, 5.41) is 0. The number of nitrogens with zero attached hydrogens (tertiary/aromatic N) is 3. The van der Waals surface area contributed by atoms with E-state index in [1.165, 1.54) is 40.6 Å². The molecule has 0 aliphatic carbocycles. The molecular formula is C24H27N3OS. The van der Waals surface area contributed by atoms with Gasteiger partial charge in [-0.15, -0.1) is 0 Å². The van der Waals surface area contributed by atoms with Gasteiger partial charge >= 0.3 is 0 Å². The first-order valence-electron chi connectivity index (χ1n) is 10.4. The van der Waals surface area contributed by atoms with Gasteiger partial charge < -0.3 is 9.30 Å². The lowest BCUT2D eigenvalue weighted by Crippen LogP contribution is -2.41. The van der Waals surface area contributed by atoms with Crippen LogP contribution in [0.4, 0.5) is 0 Å². The molecule has 1 atom stereocenters. The van der Waals surface area contributed by atoms with Gasteiger partial charge in [0, 0.05) is 43.4 Å². The summed E-state index contributed by atoms with van der Waals surface area (Å²) in [6, 6.07) is 19.7. The average molecular weight is 406 g/mol. The number of hydrogen-bond donors (Lipinski definition) is 0. The second-order valence-corrected chi connectivity index (χ2v) is 9.00. The molecular weight excluding hydrogens is 378 g/mol. The molecule has 29 heavy (non-hydrogen) atoms. The van der Waals surface area contributed by atoms with E-state index in [1.54, 1.807) is 7.11 Å². The van der Waals surface area contributed by atoms with Crippen LogP contribution in [-0.2, 0) is 19.5 Å². The van der Waals surface area contributed by atoms with Crippen molar-refractivity contribution in [1.29, 1.82) is 0 Å². The zero-order valence-electron chi connectivity index (χ0n) is 16.9. The Kier molecular flexibility index (Phi) is 5.34. The predicted molar refractivity (Wildman–Crippen MR) is 120 cm³/mol. The van der Waals surface area contributed by atoms with Gasteiger partial charge in [-0.05, 0) is 29.9 Å². The van der Waals surface area contributed by atoms with Gasteiger partial charge in [-0.3, -0.25) is 4.90 Å². The van der Waals surface area contributed by atoms with Crippen molar-refractivity contribution in [2.24, 2.45) is 0 Å². The second-order valence-electron chi connectivity index (χ2n) is 7.85. The van der Waals surface area contributed by atoms with Crippen LogP contribution in [0.2, 0.25) is 0 Å². The highest BCUT2D eigenvalue weighted by molar-refractivity contribution is 7.99. The third-order valence-corrected chi connectivity index (χ3v) is 7.25. The Morgan fingerprint density at radius 2 is 1.90 bits per heavy atom. The van der Waals surface area contributed by atoms with Crippen LogP contribution in [0, 0.1) is 0 Å². The van der Waals surface area contributed by atoms with Crippen LogP contribution >= 0.6 is 11.8 Å². The number of methoxy groups -OCH3 is 1. The van der Waals surface area contributed by atoms with Crippen LogP contribution in [0.1, 0.15) is 23.5 Å². The molecule has 5 rings (SSSR count). The van der Waals surface area contributed by atoms with E-state index in [1.807, 2.05) is 12.1 Å². The summed E-state index contributed by atoms with van der Waals surface area (Å²) in [4.78, 5) is 7.84. The summed E-state index contributed by atoms with van der Waals surface area (Å²) in [5.74, 6) is 4.64. The molecule has 5 heteroatoms. The predicted octanol–water partition coefficient (Wildman–Crippen LogP) is 4.47. The zero-order chi connectivity index (χ0) is 19.6. The summed E-state index contributed by atoms with van der Waals surface area (Å²) >= 11 is 2.09. The number of rotatable bonds is 5. The van der Waals surface area contributed by atoms with E-state index in [0.29, 0.717) is 0 Å². The monoisotopic (exact) mass is 405 g/mol. The molecule has 1 unspecified atom stereocenters. The van der Waals surface area contributed by atoms with Gasteiger partial charge in [0.2, 0.25) is 0 Å². The molecule has 150 valence electrons. The molecule has 0 spiro atoms. The smallest absolute Gasteiger partial charge is 0.118 e. The van der Waals surface area contributed by atoms with Gasteiger partial charge in [-0.25, -0.2) is 4.98 Å². The molecule has 0 bridgehead atoms. The largest absolute Gasteiger partial charge is 0.497 e. The van der Waals surface area contributed by atoms with Crippen molar-refractivity contribution >= 4 is 11.8 Å². The molecule has 2 aromatic carbocycles. The Morgan fingerprint density at radius 1 is 1.07 bits per heavy atom. The van der Waals surface area contributed by atoms with Crippen molar-refractivity contribution < 1.29 is 4.74 Å². The van der Waals surface area contributed by atoms with Crippen LogP contribution in [-0.4, -0.2) is 45.7 Å². The number of thioether (sulfide) groups is 1. The Hall–Kier alpha value is -2.24. The molecule has 3 aromatic rings. The molecule has 2 aliphatic heterocycles. The fourth-order valence-corrected chi connectivity index (χ4v) is 5.73. The minimum Gasteiger partial charge on any atom is -0.497 e. The Bertz CT molecular complexity index is 962. The molecule has 0 saturated carbocycles. The number of imidazole rings is 1. The van der Waals surface area contributed by atoms with Gasteiger partial charge in [0.05, 0.1) is 18.5 Å². The highest BCUT2D eigenvalue weighted by Gasteiger charge is 2.30. The third-order valence-electron chi connectivity index (χ3n) is 6.11. The lowest BCUT2D eigenvalue weighted by atomic mass is 10.1. The quantitative estimate of drug-likeness (QED) is 0.627. The van der Waals surface area contributed by atoms with Crippen LogP contribution in [0.5, 0.6) is 5.75 Å². The van der Waals surface area contributed by atoms with E-state index in [4.69, 9.17) is 9.72 Å². The first kappa shape index (κ1) is 18.8. The lowest BCUT2D eigenvalue weighted by Gasteiger charge is -2.33. The topological polar surface area (TPSA) is 30.3 Å². The summed E-state index contributed by atoms with van der Waals surface area (Å²) in [5.41, 5.74) is 5.03. The van der Waals surface area contributed by atoms with Crippen molar-refractivity contribution in [2.75, 3.05) is 25.2 Å². The maximum Gasteiger partial charge on any atom is 0.118 e. The lowest BCUT2D eigenvalue weighted by molar-refractivity contribution is 0.169. The highest BCUT2D eigenvalue weighted by Crippen LogP contribution is 2.32. The molecule has 1 aromatic heterocycles. The van der Waals surface area contributed by atoms with Crippen molar-refractivity contribution in [3.8, 4) is 17.0 Å². The van der Waals surface area contributed by atoms with Crippen molar-refractivity contribution in [3.63, 3.8) is 0 Å². The van der Waals surface area contributed by atoms with E-state index in [0.717, 1.165) is 43.5 Å². The number of hydrogen-bond acceptors (Lipinski definition) is 4. The van der Waals surface area contributed by atoms with E-state index in [2.05, 4.69) is 63.7 Å². The first-order chi connectivity index (χ1) is 14.3. The molecule has 3 heterocycles. The fraction of sp³-hybridized carbons (Fsp3) is 0.375. The van der Waals surface area contributed by atoms with Gasteiger partial charge in [-0.1, -0.05) is 42.5 Å². The molecule has 0 N–H and O–H groups in total. The summed E-state index contributed by atoms with van der Waals surface area (Å²) in [6.45, 7) is 3.16. The standard InChI is InChI=1S/C24H27N3OS/c1-28-21-9-7-18(8-10-21)15-23-25-24(19-5-3-2-4-6-19)22-16-26(12-13-27(22)23)20-11-14-29-17-20/h2-10,20H,11-17H2,1H3. The van der Waals surface area contributed by atoms with Crippen molar-refractivity contribution in [1.82, 2.24) is 14.5 Å². The summed E-state index contributed by atoms with van der Waals surface area (Å²) in [6.07, 6.45) is 2.17. The van der Waals surface area contributed by atoms with Gasteiger partial charge in [0.1, 0.15) is 11.6 Å². The molecule has 1 saturated heterocycles. The second kappa shape index (κ2) is 8.25. The van der Waals surface area contributed by atoms with Gasteiger partial charge in [-0.2, -0.15) is 11.8 Å². The number of aromatic nitrogens is 2. The first-order valence-corrected chi connectivity index (χ1v) is 11.6. The minimum absolute atomic E-state index is 0.720. The molecule has 0 amide bonds. The van der Waals surface area contributed by atoms with E-state index in [9.17, 15) is 0 Å². The third kappa shape index (κ3) is 3.81. The number of benzene rings is 2. The number of fused-ring (bicyclic) bond motifs is 1. The van der Waals surface area contributed by atoms with E-state index >= 15 is 0 Å². The number of ether oxygens (including phenoxy) is 1. The van der Waals surface area contributed by atoms with Crippen molar-refractivity contribution in [3.05, 3.63) is 71.7 Å². The summed E-state index contributed by atoms with van der Waals surface area (Å²) in [7, 11) is 1.71. The van der Waals surface area contributed by atoms with E-state index < -0.39 is 0 Å². The Labute approximate surface area is 176 Å². The van der Waals surface area contributed by atoms with Crippen LogP contribution in [0.25, 0.3) is 11.3 Å². The maximum atomic E-state index is 5.30. The zero-order valence-corrected chi connectivity index (χ0v) is 17.7.